The fraction of sp³-hybridized carbons (Fsp3) is 0.727. The normalized spacial score (nSPS) is 12.9. The number of rotatable bonds is 8. The molecule has 1 heterocycles. The van der Waals surface area contributed by atoms with E-state index in [1.165, 1.54) is 4.88 Å². The van der Waals surface area contributed by atoms with Crippen LogP contribution in [0, 0.1) is 0 Å². The van der Waals surface area contributed by atoms with Gasteiger partial charge in [-0.25, -0.2) is 4.98 Å². The molecule has 0 aliphatic rings. The second-order valence-electron chi connectivity index (χ2n) is 3.63. The molecule has 0 bridgehead atoms. The van der Waals surface area contributed by atoms with E-state index in [0.717, 1.165) is 30.9 Å². The zero-order valence-electron chi connectivity index (χ0n) is 10.0. The van der Waals surface area contributed by atoms with Gasteiger partial charge in [-0.15, -0.1) is 11.3 Å². The van der Waals surface area contributed by atoms with Crippen molar-refractivity contribution < 1.29 is 4.74 Å². The summed E-state index contributed by atoms with van der Waals surface area (Å²) in [5.41, 5.74) is 5.53. The molecule has 0 amide bonds. The van der Waals surface area contributed by atoms with Crippen LogP contribution in [0.5, 0.6) is 0 Å². The molecule has 3 N–H and O–H groups in total. The first-order chi connectivity index (χ1) is 7.80. The van der Waals surface area contributed by atoms with Gasteiger partial charge in [-0.2, -0.15) is 0 Å². The van der Waals surface area contributed by atoms with Crippen LogP contribution >= 0.6 is 11.3 Å². The maximum Gasteiger partial charge on any atom is 0.107 e. The van der Waals surface area contributed by atoms with E-state index >= 15 is 0 Å². The number of aromatic nitrogens is 1. The van der Waals surface area contributed by atoms with Crippen molar-refractivity contribution in [2.75, 3.05) is 20.2 Å². The van der Waals surface area contributed by atoms with Crippen molar-refractivity contribution in [2.24, 2.45) is 5.73 Å². The van der Waals surface area contributed by atoms with E-state index in [-0.39, 0.29) is 6.10 Å². The lowest BCUT2D eigenvalue weighted by molar-refractivity contribution is 0.102. The number of nitrogens with zero attached hydrogens (tertiary/aromatic N) is 1. The van der Waals surface area contributed by atoms with Crippen molar-refractivity contribution in [1.82, 2.24) is 10.3 Å². The molecule has 5 heteroatoms. The van der Waals surface area contributed by atoms with Crippen LogP contribution in [0.1, 0.15) is 23.2 Å². The van der Waals surface area contributed by atoms with E-state index in [9.17, 15) is 0 Å². The molecule has 0 fully saturated rings. The summed E-state index contributed by atoms with van der Waals surface area (Å²) in [6.45, 7) is 4.48. The molecule has 0 aliphatic heterocycles. The smallest absolute Gasteiger partial charge is 0.107 e. The molecule has 0 aliphatic carbocycles. The van der Waals surface area contributed by atoms with Crippen LogP contribution in [0.15, 0.2) is 6.20 Å². The molecule has 92 valence electrons. The quantitative estimate of drug-likeness (QED) is 0.673. The molecule has 1 rings (SSSR count). The Morgan fingerprint density at radius 3 is 3.00 bits per heavy atom. The molecular weight excluding hydrogens is 222 g/mol. The molecule has 0 aromatic carbocycles. The number of methoxy groups -OCH3 is 1. The molecule has 1 atom stereocenters. The Kier molecular flexibility index (Phi) is 6.56. The van der Waals surface area contributed by atoms with E-state index in [2.05, 4.69) is 17.2 Å². The van der Waals surface area contributed by atoms with Gasteiger partial charge >= 0.3 is 0 Å². The Morgan fingerprint density at radius 1 is 1.62 bits per heavy atom. The molecule has 0 saturated carbocycles. The second kappa shape index (κ2) is 7.73. The van der Waals surface area contributed by atoms with Crippen molar-refractivity contribution in [1.29, 1.82) is 0 Å². The highest BCUT2D eigenvalue weighted by molar-refractivity contribution is 7.11. The second-order valence-corrected chi connectivity index (χ2v) is 4.83. The van der Waals surface area contributed by atoms with Crippen molar-refractivity contribution in [3.8, 4) is 0 Å². The first kappa shape index (κ1) is 13.6. The summed E-state index contributed by atoms with van der Waals surface area (Å²) in [5.74, 6) is 0. The van der Waals surface area contributed by atoms with E-state index < -0.39 is 0 Å². The Labute approximate surface area is 101 Å². The molecular formula is C11H21N3OS. The fourth-order valence-electron chi connectivity index (χ4n) is 1.38. The number of aryl methyl sites for hydroxylation is 1. The first-order valence-electron chi connectivity index (χ1n) is 5.67. The lowest BCUT2D eigenvalue weighted by atomic mass is 10.2. The van der Waals surface area contributed by atoms with Crippen molar-refractivity contribution >= 4 is 11.3 Å². The summed E-state index contributed by atoms with van der Waals surface area (Å²) in [6, 6.07) is 0. The van der Waals surface area contributed by atoms with Gasteiger partial charge in [0.15, 0.2) is 0 Å². The average molecular weight is 243 g/mol. The van der Waals surface area contributed by atoms with Gasteiger partial charge in [0.2, 0.25) is 0 Å². The lowest BCUT2D eigenvalue weighted by Gasteiger charge is -2.12. The highest BCUT2D eigenvalue weighted by atomic mass is 32.1. The lowest BCUT2D eigenvalue weighted by Crippen LogP contribution is -2.27. The van der Waals surface area contributed by atoms with Crippen LogP contribution in [-0.4, -0.2) is 31.3 Å². The third kappa shape index (κ3) is 4.57. The third-order valence-electron chi connectivity index (χ3n) is 2.47. The van der Waals surface area contributed by atoms with Crippen LogP contribution in [0.4, 0.5) is 0 Å². The molecule has 0 radical (unpaired) electrons. The van der Waals surface area contributed by atoms with Crippen LogP contribution in [-0.2, 0) is 17.7 Å². The monoisotopic (exact) mass is 243 g/mol. The molecule has 0 spiro atoms. The van der Waals surface area contributed by atoms with E-state index in [1.54, 1.807) is 18.4 Å². The largest absolute Gasteiger partial charge is 0.380 e. The highest BCUT2D eigenvalue weighted by Crippen LogP contribution is 2.12. The van der Waals surface area contributed by atoms with Gasteiger partial charge in [0.05, 0.1) is 6.10 Å². The number of thiazole rings is 1. The molecule has 1 unspecified atom stereocenters. The maximum atomic E-state index is 5.53. The molecule has 16 heavy (non-hydrogen) atoms. The summed E-state index contributed by atoms with van der Waals surface area (Å²) >= 11 is 1.77. The summed E-state index contributed by atoms with van der Waals surface area (Å²) in [4.78, 5) is 5.69. The van der Waals surface area contributed by atoms with E-state index in [1.807, 2.05) is 6.20 Å². The van der Waals surface area contributed by atoms with Crippen molar-refractivity contribution in [2.45, 2.75) is 32.4 Å². The average Bonchev–Trinajstić information content (AvgIpc) is 2.77. The van der Waals surface area contributed by atoms with Crippen LogP contribution in [0.2, 0.25) is 0 Å². The minimum Gasteiger partial charge on any atom is -0.380 e. The van der Waals surface area contributed by atoms with Crippen LogP contribution < -0.4 is 11.1 Å². The Bertz CT molecular complexity index is 287. The minimum absolute atomic E-state index is 0.162. The number of hydrogen-bond acceptors (Lipinski definition) is 5. The first-order valence-corrected chi connectivity index (χ1v) is 6.49. The summed E-state index contributed by atoms with van der Waals surface area (Å²) < 4.78 is 5.20. The van der Waals surface area contributed by atoms with Gasteiger partial charge in [0, 0.05) is 31.3 Å². The molecule has 4 nitrogen and oxygen atoms in total. The van der Waals surface area contributed by atoms with Crippen LogP contribution in [0.3, 0.4) is 0 Å². The van der Waals surface area contributed by atoms with Crippen molar-refractivity contribution in [3.05, 3.63) is 16.1 Å². The Hall–Kier alpha value is -0.490. The van der Waals surface area contributed by atoms with Gasteiger partial charge < -0.3 is 15.8 Å². The standard InChI is InChI=1S/C11H21N3OS/c1-3-10-7-14-11(16-10)8-13-5-4-9(6-12)15-2/h7,9,13H,3-6,8,12H2,1-2H3. The summed E-state index contributed by atoms with van der Waals surface area (Å²) in [6.07, 6.45) is 4.13. The zero-order valence-corrected chi connectivity index (χ0v) is 10.8. The topological polar surface area (TPSA) is 60.2 Å². The summed E-state index contributed by atoms with van der Waals surface area (Å²) in [5, 5.41) is 4.50. The van der Waals surface area contributed by atoms with E-state index in [4.69, 9.17) is 10.5 Å². The highest BCUT2D eigenvalue weighted by Gasteiger charge is 2.04. The predicted octanol–water partition coefficient (Wildman–Crippen LogP) is 1.16. The SMILES string of the molecule is CCc1cnc(CNCCC(CN)OC)s1. The fourth-order valence-corrected chi connectivity index (χ4v) is 2.22. The predicted molar refractivity (Wildman–Crippen MR) is 67.7 cm³/mol. The van der Waals surface area contributed by atoms with Gasteiger partial charge in [-0.3, -0.25) is 0 Å². The summed E-state index contributed by atoms with van der Waals surface area (Å²) in [7, 11) is 1.70. The van der Waals surface area contributed by atoms with Gasteiger partial charge in [0.25, 0.3) is 0 Å². The molecule has 1 aromatic heterocycles. The minimum atomic E-state index is 0.162. The maximum absolute atomic E-state index is 5.53. The number of nitrogens with one attached hydrogen (secondary N) is 1. The van der Waals surface area contributed by atoms with E-state index in [0.29, 0.717) is 6.54 Å². The third-order valence-corrected chi connectivity index (χ3v) is 3.61. The zero-order chi connectivity index (χ0) is 11.8. The van der Waals surface area contributed by atoms with Crippen molar-refractivity contribution in [3.63, 3.8) is 0 Å². The van der Waals surface area contributed by atoms with Gasteiger partial charge in [-0.05, 0) is 19.4 Å². The number of hydrogen-bond donors (Lipinski definition) is 2. The number of ether oxygens (including phenoxy) is 1. The van der Waals surface area contributed by atoms with Gasteiger partial charge in [0.1, 0.15) is 5.01 Å². The van der Waals surface area contributed by atoms with Gasteiger partial charge in [-0.1, -0.05) is 6.92 Å². The Morgan fingerprint density at radius 2 is 2.44 bits per heavy atom. The Balaban J connectivity index is 2.15. The molecule has 0 saturated heterocycles. The molecule has 1 aromatic rings. The number of nitrogens with two attached hydrogens (primary N) is 1. The van der Waals surface area contributed by atoms with Crippen LogP contribution in [0.25, 0.3) is 0 Å².